The van der Waals surface area contributed by atoms with Gasteiger partial charge in [0.15, 0.2) is 0 Å². The molecule has 0 bridgehead atoms. The number of fused-ring (bicyclic) bond motifs is 14. The Balaban J connectivity index is 0.830. The SMILES string of the molecule is c1ccc(N2c3cc4ccccc4cc3B3c4cc5cc(-c6cccc(N7c8cccc9c8B(c8ccc%10ccccc%10c8N9c8ccccc8)c8ccc9ccccc9c87)c6)ccc5cc4N(c4ccccc4)c4cccc2c43)cc1. The van der Waals surface area contributed by atoms with Crippen LogP contribution in [0.4, 0.5) is 68.2 Å². The van der Waals surface area contributed by atoms with E-state index in [-0.39, 0.29) is 13.4 Å². The van der Waals surface area contributed by atoms with Crippen LogP contribution in [0.1, 0.15) is 0 Å². The molecule has 4 aliphatic rings. The van der Waals surface area contributed by atoms with E-state index in [0.717, 1.165) is 22.7 Å². The summed E-state index contributed by atoms with van der Waals surface area (Å²) < 4.78 is 0. The Labute approximate surface area is 476 Å². The zero-order valence-corrected chi connectivity index (χ0v) is 44.7. The van der Waals surface area contributed by atoms with Crippen molar-refractivity contribution < 1.29 is 0 Å². The smallest absolute Gasteiger partial charge is 0.252 e. The second-order valence-electron chi connectivity index (χ2n) is 22.4. The molecule has 4 aliphatic heterocycles. The van der Waals surface area contributed by atoms with Gasteiger partial charge in [-0.1, -0.05) is 200 Å². The van der Waals surface area contributed by atoms with Crippen LogP contribution < -0.4 is 52.4 Å². The van der Waals surface area contributed by atoms with Gasteiger partial charge in [-0.15, -0.1) is 0 Å². The molecule has 0 aliphatic carbocycles. The molecule has 0 aromatic heterocycles. The minimum atomic E-state index is -0.0183. The Morgan fingerprint density at radius 2 is 0.585 bits per heavy atom. The maximum absolute atomic E-state index is 2.57. The highest BCUT2D eigenvalue weighted by molar-refractivity contribution is 7.01. The number of para-hydroxylation sites is 3. The first kappa shape index (κ1) is 45.3. The molecule has 14 aromatic carbocycles. The van der Waals surface area contributed by atoms with Gasteiger partial charge in [-0.3, -0.25) is 0 Å². The van der Waals surface area contributed by atoms with Gasteiger partial charge in [0.2, 0.25) is 0 Å². The predicted molar refractivity (Wildman–Crippen MR) is 350 cm³/mol. The van der Waals surface area contributed by atoms with E-state index in [9.17, 15) is 0 Å². The normalized spacial score (nSPS) is 13.5. The zero-order chi connectivity index (χ0) is 53.6. The van der Waals surface area contributed by atoms with Crippen molar-refractivity contribution in [2.24, 2.45) is 0 Å². The summed E-state index contributed by atoms with van der Waals surface area (Å²) in [6.45, 7) is -0.0106. The molecule has 0 fully saturated rings. The van der Waals surface area contributed by atoms with E-state index in [1.54, 1.807) is 0 Å². The van der Waals surface area contributed by atoms with Crippen LogP contribution >= 0.6 is 0 Å². The molecule has 378 valence electrons. The molecule has 0 amide bonds. The minimum Gasteiger partial charge on any atom is -0.311 e. The lowest BCUT2D eigenvalue weighted by Gasteiger charge is -2.44. The average molecular weight is 1040 g/mol. The van der Waals surface area contributed by atoms with Crippen LogP contribution in [0.2, 0.25) is 0 Å². The fourth-order valence-electron chi connectivity index (χ4n) is 14.6. The Bertz CT molecular complexity index is 4970. The molecule has 0 spiro atoms. The maximum atomic E-state index is 2.57. The molecule has 0 unspecified atom stereocenters. The van der Waals surface area contributed by atoms with Gasteiger partial charge in [0, 0.05) is 79.0 Å². The van der Waals surface area contributed by atoms with Gasteiger partial charge in [-0.05, 0) is 167 Å². The van der Waals surface area contributed by atoms with Crippen LogP contribution in [0.25, 0.3) is 54.2 Å². The summed E-state index contributed by atoms with van der Waals surface area (Å²) in [5.41, 5.74) is 24.5. The van der Waals surface area contributed by atoms with Crippen molar-refractivity contribution in [3.05, 3.63) is 291 Å². The molecule has 0 saturated carbocycles. The third kappa shape index (κ3) is 6.52. The molecule has 82 heavy (non-hydrogen) atoms. The largest absolute Gasteiger partial charge is 0.311 e. The first-order valence-electron chi connectivity index (χ1n) is 28.6. The van der Waals surface area contributed by atoms with Gasteiger partial charge in [-0.25, -0.2) is 0 Å². The Morgan fingerprint density at radius 3 is 1.13 bits per heavy atom. The number of anilines is 12. The van der Waals surface area contributed by atoms with Crippen molar-refractivity contribution in [3.8, 4) is 11.1 Å². The zero-order valence-electron chi connectivity index (χ0n) is 44.7. The molecule has 4 nitrogen and oxygen atoms in total. The minimum absolute atomic E-state index is 0.00773. The van der Waals surface area contributed by atoms with Crippen molar-refractivity contribution in [2.75, 3.05) is 19.6 Å². The number of hydrogen-bond donors (Lipinski definition) is 0. The van der Waals surface area contributed by atoms with E-state index in [1.807, 2.05) is 0 Å². The lowest BCUT2D eigenvalue weighted by molar-refractivity contribution is 1.26. The number of benzene rings is 14. The first-order chi connectivity index (χ1) is 40.7. The third-order valence-electron chi connectivity index (χ3n) is 18.1. The van der Waals surface area contributed by atoms with E-state index in [1.165, 1.54) is 132 Å². The lowest BCUT2D eigenvalue weighted by Crippen LogP contribution is -2.61. The molecular formula is C76H48B2N4. The van der Waals surface area contributed by atoms with Gasteiger partial charge >= 0.3 is 0 Å². The molecule has 0 atom stereocenters. The van der Waals surface area contributed by atoms with Crippen molar-refractivity contribution in [3.63, 3.8) is 0 Å². The Kier molecular flexibility index (Phi) is 9.66. The van der Waals surface area contributed by atoms with E-state index in [0.29, 0.717) is 0 Å². The summed E-state index contributed by atoms with van der Waals surface area (Å²) in [7, 11) is 0. The molecule has 18 rings (SSSR count). The van der Waals surface area contributed by atoms with Gasteiger partial charge in [0.05, 0.1) is 0 Å². The van der Waals surface area contributed by atoms with Gasteiger partial charge in [-0.2, -0.15) is 0 Å². The highest BCUT2D eigenvalue weighted by atomic mass is 15.2. The topological polar surface area (TPSA) is 13.0 Å². The fourth-order valence-corrected chi connectivity index (χ4v) is 14.6. The van der Waals surface area contributed by atoms with Crippen molar-refractivity contribution in [2.45, 2.75) is 0 Å². The quantitative estimate of drug-likeness (QED) is 0.159. The number of hydrogen-bond acceptors (Lipinski definition) is 4. The summed E-state index contributed by atoms with van der Waals surface area (Å²) >= 11 is 0. The average Bonchev–Trinajstić information content (AvgIpc) is 1.79. The molecule has 0 N–H and O–H groups in total. The maximum Gasteiger partial charge on any atom is 0.252 e. The summed E-state index contributed by atoms with van der Waals surface area (Å²) in [4.78, 5) is 10.1. The summed E-state index contributed by atoms with van der Waals surface area (Å²) in [5.74, 6) is 0. The fraction of sp³-hybridized carbons (Fsp3) is 0. The lowest BCUT2D eigenvalue weighted by atomic mass is 9.33. The second kappa shape index (κ2) is 17.5. The van der Waals surface area contributed by atoms with Crippen molar-refractivity contribution >= 4 is 158 Å². The van der Waals surface area contributed by atoms with E-state index in [2.05, 4.69) is 311 Å². The molecule has 6 heteroatoms. The Hall–Kier alpha value is -10.6. The molecular weight excluding hydrogens is 990 g/mol. The summed E-state index contributed by atoms with van der Waals surface area (Å²) in [6.07, 6.45) is 0. The van der Waals surface area contributed by atoms with E-state index >= 15 is 0 Å². The van der Waals surface area contributed by atoms with Gasteiger partial charge < -0.3 is 19.6 Å². The summed E-state index contributed by atoms with van der Waals surface area (Å²) in [5, 5.41) is 9.84. The second-order valence-corrected chi connectivity index (χ2v) is 22.4. The van der Waals surface area contributed by atoms with Gasteiger partial charge in [0.1, 0.15) is 0 Å². The molecule has 14 aromatic rings. The van der Waals surface area contributed by atoms with E-state index in [4.69, 9.17) is 0 Å². The van der Waals surface area contributed by atoms with Crippen LogP contribution in [-0.2, 0) is 0 Å². The monoisotopic (exact) mass is 1040 g/mol. The van der Waals surface area contributed by atoms with Crippen LogP contribution in [0, 0.1) is 0 Å². The van der Waals surface area contributed by atoms with Crippen LogP contribution in [0.5, 0.6) is 0 Å². The molecule has 0 radical (unpaired) electrons. The molecule has 4 heterocycles. The van der Waals surface area contributed by atoms with Crippen LogP contribution in [0.15, 0.2) is 291 Å². The Morgan fingerprint density at radius 1 is 0.207 bits per heavy atom. The highest BCUT2D eigenvalue weighted by Gasteiger charge is 2.46. The number of rotatable bonds is 5. The highest BCUT2D eigenvalue weighted by Crippen LogP contribution is 2.49. The van der Waals surface area contributed by atoms with E-state index < -0.39 is 0 Å². The predicted octanol–water partition coefficient (Wildman–Crippen LogP) is 16.1. The van der Waals surface area contributed by atoms with Crippen LogP contribution in [0.3, 0.4) is 0 Å². The first-order valence-corrected chi connectivity index (χ1v) is 28.6. The van der Waals surface area contributed by atoms with Crippen molar-refractivity contribution in [1.29, 1.82) is 0 Å². The molecule has 0 saturated heterocycles. The standard InChI is InChI=1S/C76H48B2N4/c1-4-24-57(25-5-1)79-67-33-17-34-68-73(67)78(65-45-52-21-10-11-22-53(52)47-71(65)79)66-46-56-43-54(37-38-55(56)48-72(66)80(68)58-26-6-2-7-27-58)51-23-16-30-60(44-51)82-70-36-18-35-69-74(70)77(64-42-40-50-20-13-15-32-62(50)76(64)82)63-41-39-49-19-12-14-31-61(49)75(63)81(69)59-28-8-3-9-29-59/h1-48H. The number of nitrogens with zero attached hydrogens (tertiary/aromatic N) is 4. The summed E-state index contributed by atoms with van der Waals surface area (Å²) in [6, 6.07) is 109. The van der Waals surface area contributed by atoms with Crippen molar-refractivity contribution in [1.82, 2.24) is 0 Å². The third-order valence-corrected chi connectivity index (χ3v) is 18.1. The van der Waals surface area contributed by atoms with Crippen LogP contribution in [-0.4, -0.2) is 13.4 Å². The van der Waals surface area contributed by atoms with Gasteiger partial charge in [0.25, 0.3) is 13.4 Å².